The van der Waals surface area contributed by atoms with Gasteiger partial charge in [0.1, 0.15) is 0 Å². The zero-order valence-corrected chi connectivity index (χ0v) is 8.45. The van der Waals surface area contributed by atoms with Gasteiger partial charge in [0, 0.05) is 0 Å². The summed E-state index contributed by atoms with van der Waals surface area (Å²) in [4.78, 5) is -0.269. The van der Waals surface area contributed by atoms with Crippen LogP contribution in [0.1, 0.15) is 0 Å². The van der Waals surface area contributed by atoms with Crippen LogP contribution in [0.5, 0.6) is 0 Å². The monoisotopic (exact) mass is 237 g/mol. The van der Waals surface area contributed by atoms with Crippen LogP contribution < -0.4 is 5.14 Å². The Bertz CT molecular complexity index is 504. The fourth-order valence-electron chi connectivity index (χ4n) is 0.751. The predicted molar refractivity (Wildman–Crippen MR) is 47.8 cm³/mol. The van der Waals surface area contributed by atoms with Gasteiger partial charge in [0.2, 0.25) is 0 Å². The Morgan fingerprint density at radius 1 is 1.00 bits per heavy atom. The topological polar surface area (TPSA) is 104 Å². The highest BCUT2D eigenvalue weighted by Gasteiger charge is 2.21. The zero-order chi connectivity index (χ0) is 10.8. The van der Waals surface area contributed by atoms with Crippen LogP contribution in [0, 0.1) is 0 Å². The molecular weight excluding hydrogens is 230 g/mol. The molecule has 1 aromatic carbocycles. The fraction of sp³-hybridized carbons (Fsp3) is 0. The lowest BCUT2D eigenvalue weighted by atomic mass is 10.4. The third kappa shape index (κ3) is 3.07. The molecule has 0 spiro atoms. The maximum absolute atomic E-state index is 11.2. The van der Waals surface area contributed by atoms with Crippen molar-refractivity contribution in [1.82, 2.24) is 0 Å². The molecule has 0 saturated carbocycles. The maximum atomic E-state index is 11.2. The minimum absolute atomic E-state index is 0.269. The highest BCUT2D eigenvalue weighted by atomic mass is 32.3. The van der Waals surface area contributed by atoms with Crippen molar-refractivity contribution in [3.05, 3.63) is 30.3 Å². The standard InChI is InChI=1S/C6H7NO5S2/c7-14(10,11)12-13(8,9)6-4-2-1-3-5-6/h1-5H,(H2,7,10,11). The van der Waals surface area contributed by atoms with Gasteiger partial charge in [-0.2, -0.15) is 16.8 Å². The molecule has 0 aliphatic heterocycles. The number of hydrogen-bond donors (Lipinski definition) is 1. The van der Waals surface area contributed by atoms with Crippen LogP contribution >= 0.6 is 0 Å². The smallest absolute Gasteiger partial charge is 0.204 e. The highest BCUT2D eigenvalue weighted by Crippen LogP contribution is 2.12. The summed E-state index contributed by atoms with van der Waals surface area (Å²) < 4.78 is 46.9. The molecule has 0 aliphatic rings. The number of nitrogens with two attached hydrogens (primary N) is 1. The summed E-state index contributed by atoms with van der Waals surface area (Å²) in [7, 11) is -8.85. The molecule has 0 fully saturated rings. The van der Waals surface area contributed by atoms with Crippen LogP contribution in [0.2, 0.25) is 0 Å². The van der Waals surface area contributed by atoms with Gasteiger partial charge in [-0.1, -0.05) is 18.2 Å². The third-order valence-corrected chi connectivity index (χ3v) is 3.54. The molecule has 6 nitrogen and oxygen atoms in total. The first-order valence-electron chi connectivity index (χ1n) is 3.35. The molecule has 0 unspecified atom stereocenters. The predicted octanol–water partition coefficient (Wildman–Crippen LogP) is -0.405. The minimum Gasteiger partial charge on any atom is -0.204 e. The van der Waals surface area contributed by atoms with E-state index < -0.39 is 20.4 Å². The van der Waals surface area contributed by atoms with E-state index in [1.165, 1.54) is 24.3 Å². The lowest BCUT2D eigenvalue weighted by molar-refractivity contribution is 0.463. The van der Waals surface area contributed by atoms with E-state index in [0.717, 1.165) is 0 Å². The van der Waals surface area contributed by atoms with Gasteiger partial charge in [-0.25, -0.2) is 5.14 Å². The van der Waals surface area contributed by atoms with Crippen LogP contribution in [-0.4, -0.2) is 16.8 Å². The summed E-state index contributed by atoms with van der Waals surface area (Å²) in [5.74, 6) is 0. The van der Waals surface area contributed by atoms with Crippen LogP contribution in [0.25, 0.3) is 0 Å². The van der Waals surface area contributed by atoms with Gasteiger partial charge >= 0.3 is 20.4 Å². The normalized spacial score (nSPS) is 12.6. The summed E-state index contributed by atoms with van der Waals surface area (Å²) in [6.07, 6.45) is 0. The van der Waals surface area contributed by atoms with E-state index in [0.29, 0.717) is 0 Å². The summed E-state index contributed by atoms with van der Waals surface area (Å²) in [5.41, 5.74) is 0. The lowest BCUT2D eigenvalue weighted by Gasteiger charge is -2.01. The van der Waals surface area contributed by atoms with Gasteiger partial charge in [-0.05, 0) is 12.1 Å². The average molecular weight is 237 g/mol. The molecule has 1 aromatic rings. The molecule has 0 heterocycles. The summed E-state index contributed by atoms with van der Waals surface area (Å²) in [6, 6.07) is 6.83. The van der Waals surface area contributed by atoms with Crippen molar-refractivity contribution >= 4 is 20.4 Å². The molecule has 14 heavy (non-hydrogen) atoms. The van der Waals surface area contributed by atoms with Gasteiger partial charge in [0.05, 0.1) is 4.90 Å². The van der Waals surface area contributed by atoms with E-state index in [2.05, 4.69) is 8.77 Å². The van der Waals surface area contributed by atoms with E-state index >= 15 is 0 Å². The van der Waals surface area contributed by atoms with Gasteiger partial charge in [-0.15, -0.1) is 3.63 Å². The Kier molecular flexibility index (Phi) is 2.90. The fourth-order valence-corrected chi connectivity index (χ4v) is 2.55. The molecule has 78 valence electrons. The van der Waals surface area contributed by atoms with E-state index in [-0.39, 0.29) is 4.90 Å². The third-order valence-electron chi connectivity index (χ3n) is 1.22. The van der Waals surface area contributed by atoms with E-state index in [4.69, 9.17) is 0 Å². The summed E-state index contributed by atoms with van der Waals surface area (Å²) in [6.45, 7) is 0. The molecule has 0 amide bonds. The van der Waals surface area contributed by atoms with Crippen LogP contribution in [-0.2, 0) is 24.1 Å². The Hall–Kier alpha value is -0.960. The van der Waals surface area contributed by atoms with Crippen molar-refractivity contribution in [3.63, 3.8) is 0 Å². The minimum atomic E-state index is -4.52. The summed E-state index contributed by atoms with van der Waals surface area (Å²) >= 11 is 0. The molecule has 2 N–H and O–H groups in total. The van der Waals surface area contributed by atoms with Gasteiger partial charge in [0.15, 0.2) is 0 Å². The molecule has 0 radical (unpaired) electrons. The second-order valence-electron chi connectivity index (χ2n) is 2.33. The van der Waals surface area contributed by atoms with Crippen molar-refractivity contribution < 1.29 is 20.5 Å². The van der Waals surface area contributed by atoms with Crippen molar-refractivity contribution in [3.8, 4) is 0 Å². The van der Waals surface area contributed by atoms with Crippen molar-refractivity contribution in [2.45, 2.75) is 4.90 Å². The van der Waals surface area contributed by atoms with E-state index in [1.54, 1.807) is 6.07 Å². The van der Waals surface area contributed by atoms with E-state index in [1.807, 2.05) is 0 Å². The molecule has 0 saturated heterocycles. The zero-order valence-electron chi connectivity index (χ0n) is 6.82. The number of rotatable bonds is 3. The quantitative estimate of drug-likeness (QED) is 0.770. The van der Waals surface area contributed by atoms with Crippen molar-refractivity contribution in [1.29, 1.82) is 0 Å². The van der Waals surface area contributed by atoms with Crippen LogP contribution in [0.15, 0.2) is 35.2 Å². The van der Waals surface area contributed by atoms with Crippen molar-refractivity contribution in [2.75, 3.05) is 0 Å². The molecule has 1 rings (SSSR count). The van der Waals surface area contributed by atoms with E-state index in [9.17, 15) is 16.8 Å². The second-order valence-corrected chi connectivity index (χ2v) is 5.24. The first-order chi connectivity index (χ1) is 6.31. The Labute approximate surface area is 81.7 Å². The number of benzene rings is 1. The van der Waals surface area contributed by atoms with Gasteiger partial charge in [-0.3, -0.25) is 0 Å². The Morgan fingerprint density at radius 2 is 1.50 bits per heavy atom. The molecule has 8 heteroatoms. The van der Waals surface area contributed by atoms with Crippen molar-refractivity contribution in [2.24, 2.45) is 5.14 Å². The van der Waals surface area contributed by atoms with Gasteiger partial charge < -0.3 is 0 Å². The molecule has 0 aliphatic carbocycles. The lowest BCUT2D eigenvalue weighted by Crippen LogP contribution is -2.20. The average Bonchev–Trinajstić information content (AvgIpc) is 2.01. The van der Waals surface area contributed by atoms with Crippen LogP contribution in [0.4, 0.5) is 0 Å². The second kappa shape index (κ2) is 3.65. The molecular formula is C6H7NO5S2. The van der Waals surface area contributed by atoms with Gasteiger partial charge in [0.25, 0.3) is 0 Å². The first-order valence-corrected chi connectivity index (χ1v) is 6.23. The summed E-state index contributed by atoms with van der Waals surface area (Å²) in [5, 5.41) is 4.43. The highest BCUT2D eigenvalue weighted by molar-refractivity contribution is 7.98. The Balaban J connectivity index is 3.12. The molecule has 0 aromatic heterocycles. The molecule has 0 atom stereocenters. The SMILES string of the molecule is NS(=O)(=O)OS(=O)(=O)c1ccccc1. The largest absolute Gasteiger partial charge is 0.348 e. The van der Waals surface area contributed by atoms with Crippen LogP contribution in [0.3, 0.4) is 0 Å². The maximum Gasteiger partial charge on any atom is 0.348 e. The number of hydrogen-bond acceptors (Lipinski definition) is 5. The first kappa shape index (κ1) is 11.1. The Morgan fingerprint density at radius 3 is 1.93 bits per heavy atom. The molecule has 0 bridgehead atoms.